The molecule has 0 saturated heterocycles. The third-order valence-corrected chi connectivity index (χ3v) is 2.48. The lowest BCUT2D eigenvalue weighted by Gasteiger charge is -1.95. The topological polar surface area (TPSA) is 63.3 Å². The van der Waals surface area contributed by atoms with Gasteiger partial charge in [-0.05, 0) is 18.6 Å². The summed E-state index contributed by atoms with van der Waals surface area (Å²) in [6, 6.07) is 5.97. The number of nitrogens with zero attached hydrogens (tertiary/aromatic N) is 1. The van der Waals surface area contributed by atoms with E-state index in [4.69, 9.17) is 9.52 Å². The Labute approximate surface area is 103 Å². The van der Waals surface area contributed by atoms with Crippen LogP contribution in [-0.2, 0) is 6.42 Å². The largest absolute Gasteiger partial charge is 0.475 e. The number of aryl methyl sites for hydroxylation is 1. The van der Waals surface area contributed by atoms with E-state index in [1.807, 2.05) is 6.92 Å². The van der Waals surface area contributed by atoms with Crippen molar-refractivity contribution in [3.63, 3.8) is 0 Å². The quantitative estimate of drug-likeness (QED) is 0.904. The molecular weight excluding hydrogens is 237 g/mol. The van der Waals surface area contributed by atoms with E-state index in [2.05, 4.69) is 4.98 Å². The number of benzene rings is 1. The Hall–Kier alpha value is -2.17. The molecule has 4 nitrogen and oxygen atoms in total. The summed E-state index contributed by atoms with van der Waals surface area (Å²) in [6.07, 6.45) is 1.23. The Morgan fingerprint density at radius 1 is 1.44 bits per heavy atom. The number of hydrogen-bond donors (Lipinski definition) is 1. The maximum atomic E-state index is 13.6. The molecule has 5 heteroatoms. The molecule has 0 spiro atoms. The van der Waals surface area contributed by atoms with Crippen molar-refractivity contribution in [3.05, 3.63) is 41.5 Å². The van der Waals surface area contributed by atoms with Gasteiger partial charge >= 0.3 is 5.97 Å². The first-order chi connectivity index (χ1) is 8.63. The van der Waals surface area contributed by atoms with E-state index in [0.29, 0.717) is 12.1 Å². The molecule has 94 valence electrons. The average molecular weight is 249 g/mol. The lowest BCUT2D eigenvalue weighted by Crippen LogP contribution is -1.99. The minimum Gasteiger partial charge on any atom is -0.475 e. The van der Waals surface area contributed by atoms with E-state index in [-0.39, 0.29) is 17.2 Å². The Kier molecular flexibility index (Phi) is 3.41. The van der Waals surface area contributed by atoms with Gasteiger partial charge in [-0.15, -0.1) is 0 Å². The molecule has 1 N–H and O–H groups in total. The monoisotopic (exact) mass is 249 g/mol. The molecule has 0 fully saturated rings. The van der Waals surface area contributed by atoms with E-state index >= 15 is 0 Å². The number of carbonyl (C=O) groups is 1. The van der Waals surface area contributed by atoms with Crippen molar-refractivity contribution in [1.82, 2.24) is 4.98 Å². The Morgan fingerprint density at radius 3 is 2.78 bits per heavy atom. The van der Waals surface area contributed by atoms with Crippen molar-refractivity contribution in [2.24, 2.45) is 0 Å². The molecule has 0 aliphatic carbocycles. The lowest BCUT2D eigenvalue weighted by atomic mass is 10.2. The second kappa shape index (κ2) is 5.00. The summed E-state index contributed by atoms with van der Waals surface area (Å²) in [5.41, 5.74) is 0.519. The number of hydrogen-bond acceptors (Lipinski definition) is 3. The van der Waals surface area contributed by atoms with Crippen LogP contribution in [0.15, 0.2) is 28.7 Å². The predicted octanol–water partition coefficient (Wildman–Crippen LogP) is 3.13. The Bertz CT molecular complexity index is 577. The lowest BCUT2D eigenvalue weighted by molar-refractivity contribution is 0.0661. The first-order valence-electron chi connectivity index (χ1n) is 5.61. The number of aromatic nitrogens is 1. The minimum atomic E-state index is -1.19. The van der Waals surface area contributed by atoms with Gasteiger partial charge < -0.3 is 9.52 Å². The average Bonchev–Trinajstić information content (AvgIpc) is 2.74. The summed E-state index contributed by atoms with van der Waals surface area (Å²) in [4.78, 5) is 15.1. The first kappa shape index (κ1) is 12.3. The maximum absolute atomic E-state index is 13.6. The Morgan fingerprint density at radius 2 is 2.17 bits per heavy atom. The highest BCUT2D eigenvalue weighted by Gasteiger charge is 2.20. The van der Waals surface area contributed by atoms with Crippen molar-refractivity contribution in [3.8, 4) is 11.5 Å². The van der Waals surface area contributed by atoms with Gasteiger partial charge in [0.25, 0.3) is 0 Å². The van der Waals surface area contributed by atoms with Crippen molar-refractivity contribution in [2.75, 3.05) is 0 Å². The summed E-state index contributed by atoms with van der Waals surface area (Å²) >= 11 is 0. The van der Waals surface area contributed by atoms with Gasteiger partial charge in [0.1, 0.15) is 5.82 Å². The number of oxazole rings is 1. The van der Waals surface area contributed by atoms with Crippen LogP contribution in [0.25, 0.3) is 11.5 Å². The van der Waals surface area contributed by atoms with Crippen LogP contribution in [0.1, 0.15) is 29.6 Å². The summed E-state index contributed by atoms with van der Waals surface area (Å²) < 4.78 is 18.7. The molecular formula is C13H12FNO3. The molecule has 0 aliphatic rings. The molecule has 18 heavy (non-hydrogen) atoms. The molecule has 0 bridgehead atoms. The molecule has 2 rings (SSSR count). The van der Waals surface area contributed by atoms with E-state index in [9.17, 15) is 9.18 Å². The van der Waals surface area contributed by atoms with Crippen LogP contribution in [0.5, 0.6) is 0 Å². The number of rotatable bonds is 4. The fourth-order valence-electron chi connectivity index (χ4n) is 1.67. The fourth-order valence-corrected chi connectivity index (χ4v) is 1.67. The molecule has 1 aromatic carbocycles. The molecule has 2 aromatic rings. The molecule has 0 radical (unpaired) electrons. The Balaban J connectivity index is 2.50. The summed E-state index contributed by atoms with van der Waals surface area (Å²) in [5, 5.41) is 8.99. The molecule has 0 amide bonds. The predicted molar refractivity (Wildman–Crippen MR) is 62.9 cm³/mol. The first-order valence-corrected chi connectivity index (χ1v) is 5.61. The standard InChI is InChI=1S/C13H12FNO3/c1-2-5-10-11(13(16)17)18-12(15-10)8-6-3-4-7-9(8)14/h3-4,6-7H,2,5H2,1H3,(H,16,17). The van der Waals surface area contributed by atoms with E-state index in [0.717, 1.165) is 6.42 Å². The smallest absolute Gasteiger partial charge is 0.373 e. The zero-order chi connectivity index (χ0) is 13.1. The van der Waals surface area contributed by atoms with Crippen molar-refractivity contribution >= 4 is 5.97 Å². The van der Waals surface area contributed by atoms with Crippen LogP contribution >= 0.6 is 0 Å². The molecule has 0 aliphatic heterocycles. The van der Waals surface area contributed by atoms with Crippen LogP contribution < -0.4 is 0 Å². The normalized spacial score (nSPS) is 10.6. The highest BCUT2D eigenvalue weighted by atomic mass is 19.1. The van der Waals surface area contributed by atoms with Gasteiger partial charge in [-0.2, -0.15) is 0 Å². The highest BCUT2D eigenvalue weighted by molar-refractivity contribution is 5.86. The fraction of sp³-hybridized carbons (Fsp3) is 0.231. The third kappa shape index (κ3) is 2.25. The summed E-state index contributed by atoms with van der Waals surface area (Å²) in [6.45, 7) is 1.91. The van der Waals surface area contributed by atoms with Crippen LogP contribution in [0.2, 0.25) is 0 Å². The number of carboxylic acids is 1. The number of halogens is 1. The second-order valence-corrected chi connectivity index (χ2v) is 3.83. The van der Waals surface area contributed by atoms with Crippen molar-refractivity contribution in [1.29, 1.82) is 0 Å². The molecule has 0 unspecified atom stereocenters. The number of carboxylic acid groups (broad SMARTS) is 1. The van der Waals surface area contributed by atoms with Gasteiger partial charge in [0.15, 0.2) is 0 Å². The van der Waals surface area contributed by atoms with Crippen molar-refractivity contribution < 1.29 is 18.7 Å². The van der Waals surface area contributed by atoms with Crippen LogP contribution in [0.3, 0.4) is 0 Å². The molecule has 1 heterocycles. The van der Waals surface area contributed by atoms with Gasteiger partial charge in [0.05, 0.1) is 11.3 Å². The zero-order valence-corrected chi connectivity index (χ0v) is 9.81. The zero-order valence-electron chi connectivity index (χ0n) is 9.81. The SMILES string of the molecule is CCCc1nc(-c2ccccc2F)oc1C(=O)O. The van der Waals surface area contributed by atoms with Gasteiger partial charge in [-0.25, -0.2) is 14.2 Å². The van der Waals surface area contributed by atoms with Crippen LogP contribution in [-0.4, -0.2) is 16.1 Å². The van der Waals surface area contributed by atoms with Crippen LogP contribution in [0.4, 0.5) is 4.39 Å². The van der Waals surface area contributed by atoms with E-state index in [1.54, 1.807) is 12.1 Å². The third-order valence-electron chi connectivity index (χ3n) is 2.48. The van der Waals surface area contributed by atoms with Crippen LogP contribution in [0, 0.1) is 5.82 Å². The van der Waals surface area contributed by atoms with Gasteiger partial charge in [-0.3, -0.25) is 0 Å². The van der Waals surface area contributed by atoms with Crippen molar-refractivity contribution in [2.45, 2.75) is 19.8 Å². The summed E-state index contributed by atoms with van der Waals surface area (Å²) in [7, 11) is 0. The van der Waals surface area contributed by atoms with Gasteiger partial charge in [0.2, 0.25) is 11.7 Å². The summed E-state index contributed by atoms with van der Waals surface area (Å²) in [5.74, 6) is -1.88. The van der Waals surface area contributed by atoms with Gasteiger partial charge in [-0.1, -0.05) is 25.5 Å². The second-order valence-electron chi connectivity index (χ2n) is 3.83. The molecule has 1 aromatic heterocycles. The minimum absolute atomic E-state index is 0.00829. The van der Waals surface area contributed by atoms with E-state index < -0.39 is 11.8 Å². The molecule has 0 saturated carbocycles. The maximum Gasteiger partial charge on any atom is 0.373 e. The number of aromatic carboxylic acids is 1. The van der Waals surface area contributed by atoms with Gasteiger partial charge in [0, 0.05) is 0 Å². The molecule has 0 atom stereocenters. The van der Waals surface area contributed by atoms with E-state index in [1.165, 1.54) is 12.1 Å². The highest BCUT2D eigenvalue weighted by Crippen LogP contribution is 2.25.